The molecule has 5 nitrogen and oxygen atoms in total. The first kappa shape index (κ1) is 10.6. The van der Waals surface area contributed by atoms with E-state index < -0.39 is 0 Å². The molecular formula is C10H11N5S. The first-order chi connectivity index (χ1) is 7.70. The van der Waals surface area contributed by atoms with Crippen molar-refractivity contribution < 1.29 is 0 Å². The van der Waals surface area contributed by atoms with Crippen molar-refractivity contribution in [2.24, 2.45) is 7.05 Å². The van der Waals surface area contributed by atoms with Crippen LogP contribution in [-0.4, -0.2) is 14.2 Å². The SMILES string of the molecule is Cc1nsc(NCc2cnn(C)c2)c1C#N. The highest BCUT2D eigenvalue weighted by molar-refractivity contribution is 7.10. The summed E-state index contributed by atoms with van der Waals surface area (Å²) in [6.45, 7) is 2.49. The quantitative estimate of drug-likeness (QED) is 0.875. The van der Waals surface area contributed by atoms with Crippen LogP contribution in [0.4, 0.5) is 5.00 Å². The number of anilines is 1. The van der Waals surface area contributed by atoms with E-state index in [0.29, 0.717) is 12.1 Å². The summed E-state index contributed by atoms with van der Waals surface area (Å²) in [5.74, 6) is 0. The normalized spacial score (nSPS) is 10.1. The summed E-state index contributed by atoms with van der Waals surface area (Å²) >= 11 is 1.32. The topological polar surface area (TPSA) is 66.5 Å². The molecule has 2 aromatic rings. The van der Waals surface area contributed by atoms with Crippen LogP contribution in [0.5, 0.6) is 0 Å². The van der Waals surface area contributed by atoms with Crippen molar-refractivity contribution in [2.45, 2.75) is 13.5 Å². The van der Waals surface area contributed by atoms with E-state index in [4.69, 9.17) is 5.26 Å². The van der Waals surface area contributed by atoms with E-state index in [0.717, 1.165) is 16.3 Å². The van der Waals surface area contributed by atoms with E-state index in [1.165, 1.54) is 11.5 Å². The first-order valence-electron chi connectivity index (χ1n) is 4.78. The van der Waals surface area contributed by atoms with Gasteiger partial charge in [0, 0.05) is 25.4 Å². The van der Waals surface area contributed by atoms with E-state index in [-0.39, 0.29) is 0 Å². The number of nitriles is 1. The second-order valence-electron chi connectivity index (χ2n) is 3.46. The number of hydrogen-bond acceptors (Lipinski definition) is 5. The lowest BCUT2D eigenvalue weighted by atomic mass is 10.3. The Morgan fingerprint density at radius 2 is 2.44 bits per heavy atom. The fraction of sp³-hybridized carbons (Fsp3) is 0.300. The van der Waals surface area contributed by atoms with Gasteiger partial charge in [-0.1, -0.05) is 0 Å². The Hall–Kier alpha value is -1.87. The molecule has 0 saturated heterocycles. The van der Waals surface area contributed by atoms with Crippen LogP contribution in [0.3, 0.4) is 0 Å². The summed E-state index contributed by atoms with van der Waals surface area (Å²) in [5, 5.41) is 17.0. The lowest BCUT2D eigenvalue weighted by molar-refractivity contribution is 0.767. The van der Waals surface area contributed by atoms with Crippen molar-refractivity contribution in [3.63, 3.8) is 0 Å². The van der Waals surface area contributed by atoms with Crippen LogP contribution >= 0.6 is 11.5 Å². The van der Waals surface area contributed by atoms with Gasteiger partial charge in [-0.3, -0.25) is 4.68 Å². The molecule has 0 aliphatic rings. The number of aryl methyl sites for hydroxylation is 2. The molecule has 0 saturated carbocycles. The van der Waals surface area contributed by atoms with Crippen LogP contribution in [-0.2, 0) is 13.6 Å². The van der Waals surface area contributed by atoms with Gasteiger partial charge in [-0.15, -0.1) is 0 Å². The molecule has 0 amide bonds. The average Bonchev–Trinajstić information content (AvgIpc) is 2.82. The lowest BCUT2D eigenvalue weighted by Gasteiger charge is -2.00. The third-order valence-electron chi connectivity index (χ3n) is 2.19. The Balaban J connectivity index is 2.08. The van der Waals surface area contributed by atoms with Crippen molar-refractivity contribution in [1.29, 1.82) is 5.26 Å². The molecule has 2 heterocycles. The summed E-state index contributed by atoms with van der Waals surface area (Å²) in [6.07, 6.45) is 3.74. The van der Waals surface area contributed by atoms with Crippen LogP contribution in [0.2, 0.25) is 0 Å². The molecule has 2 aromatic heterocycles. The summed E-state index contributed by atoms with van der Waals surface area (Å²) in [5.41, 5.74) is 2.49. The number of nitrogens with zero attached hydrogens (tertiary/aromatic N) is 4. The van der Waals surface area contributed by atoms with Crippen LogP contribution < -0.4 is 5.32 Å². The molecule has 82 valence electrons. The zero-order valence-corrected chi connectivity index (χ0v) is 9.88. The number of hydrogen-bond donors (Lipinski definition) is 1. The van der Waals surface area contributed by atoms with Crippen LogP contribution in [0.15, 0.2) is 12.4 Å². The highest BCUT2D eigenvalue weighted by Crippen LogP contribution is 2.23. The number of aromatic nitrogens is 3. The maximum atomic E-state index is 8.95. The molecule has 0 fully saturated rings. The van der Waals surface area contributed by atoms with Crippen molar-refractivity contribution in [1.82, 2.24) is 14.2 Å². The van der Waals surface area contributed by atoms with Crippen molar-refractivity contribution in [3.05, 3.63) is 29.2 Å². The van der Waals surface area contributed by atoms with E-state index in [1.54, 1.807) is 10.9 Å². The summed E-state index contributed by atoms with van der Waals surface area (Å²) in [4.78, 5) is 0. The molecule has 0 bridgehead atoms. The fourth-order valence-corrected chi connectivity index (χ4v) is 2.11. The van der Waals surface area contributed by atoms with Gasteiger partial charge in [0.1, 0.15) is 16.6 Å². The zero-order chi connectivity index (χ0) is 11.5. The van der Waals surface area contributed by atoms with Gasteiger partial charge in [-0.2, -0.15) is 14.7 Å². The van der Waals surface area contributed by atoms with Gasteiger partial charge in [0.2, 0.25) is 0 Å². The van der Waals surface area contributed by atoms with Crippen molar-refractivity contribution >= 4 is 16.5 Å². The lowest BCUT2D eigenvalue weighted by Crippen LogP contribution is -1.98. The van der Waals surface area contributed by atoms with Gasteiger partial charge >= 0.3 is 0 Å². The molecule has 0 radical (unpaired) electrons. The minimum atomic E-state index is 0.633. The molecule has 0 atom stereocenters. The van der Waals surface area contributed by atoms with Crippen LogP contribution in [0, 0.1) is 18.3 Å². The highest BCUT2D eigenvalue weighted by atomic mass is 32.1. The van der Waals surface area contributed by atoms with E-state index in [9.17, 15) is 0 Å². The minimum Gasteiger partial charge on any atom is -0.370 e. The second kappa shape index (κ2) is 4.33. The number of nitrogens with one attached hydrogen (secondary N) is 1. The number of rotatable bonds is 3. The Kier molecular flexibility index (Phi) is 2.88. The van der Waals surface area contributed by atoms with Gasteiger partial charge in [0.25, 0.3) is 0 Å². The van der Waals surface area contributed by atoms with Gasteiger partial charge in [0.05, 0.1) is 11.9 Å². The third kappa shape index (κ3) is 2.04. The van der Waals surface area contributed by atoms with Gasteiger partial charge in [0.15, 0.2) is 0 Å². The van der Waals surface area contributed by atoms with Gasteiger partial charge < -0.3 is 5.32 Å². The predicted molar refractivity (Wildman–Crippen MR) is 62.1 cm³/mol. The van der Waals surface area contributed by atoms with E-state index >= 15 is 0 Å². The summed E-state index contributed by atoms with van der Waals surface area (Å²) in [7, 11) is 1.88. The molecule has 0 unspecified atom stereocenters. The maximum Gasteiger partial charge on any atom is 0.127 e. The van der Waals surface area contributed by atoms with Crippen molar-refractivity contribution in [3.8, 4) is 6.07 Å². The molecule has 1 N–H and O–H groups in total. The standard InChI is InChI=1S/C10H11N5S/c1-7-9(3-11)10(16-14-7)12-4-8-5-13-15(2)6-8/h5-6,12H,4H2,1-2H3. The smallest absolute Gasteiger partial charge is 0.127 e. The monoisotopic (exact) mass is 233 g/mol. The first-order valence-corrected chi connectivity index (χ1v) is 5.56. The van der Waals surface area contributed by atoms with Crippen molar-refractivity contribution in [2.75, 3.05) is 5.32 Å². The minimum absolute atomic E-state index is 0.633. The van der Waals surface area contributed by atoms with E-state index in [1.807, 2.05) is 20.2 Å². The molecule has 16 heavy (non-hydrogen) atoms. The molecule has 6 heteroatoms. The largest absolute Gasteiger partial charge is 0.370 e. The summed E-state index contributed by atoms with van der Waals surface area (Å²) in [6, 6.07) is 2.15. The third-order valence-corrected chi connectivity index (χ3v) is 3.08. The highest BCUT2D eigenvalue weighted by Gasteiger charge is 2.09. The molecular weight excluding hydrogens is 222 g/mol. The molecule has 0 aliphatic carbocycles. The zero-order valence-electron chi connectivity index (χ0n) is 9.06. The van der Waals surface area contributed by atoms with Gasteiger partial charge in [-0.05, 0) is 18.5 Å². The van der Waals surface area contributed by atoms with E-state index in [2.05, 4.69) is 20.9 Å². The Bertz CT molecular complexity index is 534. The molecule has 0 aromatic carbocycles. The predicted octanol–water partition coefficient (Wildman–Crippen LogP) is 1.67. The van der Waals surface area contributed by atoms with Crippen LogP contribution in [0.25, 0.3) is 0 Å². The Morgan fingerprint density at radius 3 is 3.06 bits per heavy atom. The molecule has 0 aliphatic heterocycles. The molecule has 0 spiro atoms. The fourth-order valence-electron chi connectivity index (χ4n) is 1.37. The average molecular weight is 233 g/mol. The Labute approximate surface area is 97.5 Å². The Morgan fingerprint density at radius 1 is 1.62 bits per heavy atom. The summed E-state index contributed by atoms with van der Waals surface area (Å²) < 4.78 is 5.89. The van der Waals surface area contributed by atoms with Crippen LogP contribution in [0.1, 0.15) is 16.8 Å². The molecule has 2 rings (SSSR count). The van der Waals surface area contributed by atoms with Gasteiger partial charge in [-0.25, -0.2) is 0 Å². The second-order valence-corrected chi connectivity index (χ2v) is 4.23. The maximum absolute atomic E-state index is 8.95.